The molecule has 0 fully saturated rings. The summed E-state index contributed by atoms with van der Waals surface area (Å²) >= 11 is 5.62. The standard InChI is InChI=1S/C9H11ClO3S/c1-14(11,12)13-9(7-10)8-5-3-2-4-6-8/h2-6,9H,7H2,1H3. The Balaban J connectivity index is 2.84. The van der Waals surface area contributed by atoms with Crippen molar-refractivity contribution >= 4 is 21.7 Å². The van der Waals surface area contributed by atoms with Crippen LogP contribution in [0.2, 0.25) is 0 Å². The fraction of sp³-hybridized carbons (Fsp3) is 0.333. The molecule has 0 amide bonds. The van der Waals surface area contributed by atoms with Crippen LogP contribution in [0.1, 0.15) is 11.7 Å². The monoisotopic (exact) mass is 234 g/mol. The zero-order valence-electron chi connectivity index (χ0n) is 7.68. The molecule has 1 aromatic rings. The molecule has 0 heterocycles. The molecule has 1 unspecified atom stereocenters. The number of halogens is 1. The Morgan fingerprint density at radius 1 is 1.36 bits per heavy atom. The molecule has 0 aromatic heterocycles. The highest BCUT2D eigenvalue weighted by Crippen LogP contribution is 2.20. The Bertz CT molecular complexity index is 374. The van der Waals surface area contributed by atoms with Crippen molar-refractivity contribution in [3.63, 3.8) is 0 Å². The predicted octanol–water partition coefficient (Wildman–Crippen LogP) is 1.94. The second-order valence-corrected chi connectivity index (χ2v) is 4.76. The van der Waals surface area contributed by atoms with E-state index in [0.717, 1.165) is 11.8 Å². The summed E-state index contributed by atoms with van der Waals surface area (Å²) in [6.45, 7) is 0. The van der Waals surface area contributed by atoms with Gasteiger partial charge in [0.25, 0.3) is 10.1 Å². The SMILES string of the molecule is CS(=O)(=O)OC(CCl)c1ccccc1. The van der Waals surface area contributed by atoms with Crippen LogP contribution in [0, 0.1) is 0 Å². The maximum Gasteiger partial charge on any atom is 0.265 e. The smallest absolute Gasteiger partial charge is 0.261 e. The Morgan fingerprint density at radius 2 is 1.93 bits per heavy atom. The van der Waals surface area contributed by atoms with Crippen LogP contribution in [0.5, 0.6) is 0 Å². The molecule has 3 nitrogen and oxygen atoms in total. The first-order valence-electron chi connectivity index (χ1n) is 4.02. The van der Waals surface area contributed by atoms with E-state index in [2.05, 4.69) is 0 Å². The first-order valence-corrected chi connectivity index (χ1v) is 6.37. The maximum atomic E-state index is 10.9. The molecule has 0 aliphatic carbocycles. The lowest BCUT2D eigenvalue weighted by atomic mass is 10.1. The average molecular weight is 235 g/mol. The molecule has 1 atom stereocenters. The lowest BCUT2D eigenvalue weighted by Crippen LogP contribution is -2.11. The van der Waals surface area contributed by atoms with Crippen molar-refractivity contribution in [2.75, 3.05) is 12.1 Å². The van der Waals surface area contributed by atoms with Gasteiger partial charge in [0.2, 0.25) is 0 Å². The van der Waals surface area contributed by atoms with Crippen LogP contribution in [0.25, 0.3) is 0 Å². The Labute approximate surface area is 88.8 Å². The highest BCUT2D eigenvalue weighted by atomic mass is 35.5. The van der Waals surface area contributed by atoms with Crippen molar-refractivity contribution in [2.45, 2.75) is 6.10 Å². The maximum absolute atomic E-state index is 10.9. The summed E-state index contributed by atoms with van der Waals surface area (Å²) in [6.07, 6.45) is 0.406. The summed E-state index contributed by atoms with van der Waals surface area (Å²) in [7, 11) is -3.47. The molecule has 0 spiro atoms. The third-order valence-electron chi connectivity index (χ3n) is 1.60. The van der Waals surface area contributed by atoms with Crippen LogP contribution in [-0.4, -0.2) is 20.6 Å². The van der Waals surface area contributed by atoms with E-state index in [-0.39, 0.29) is 5.88 Å². The van der Waals surface area contributed by atoms with Gasteiger partial charge in [-0.3, -0.25) is 4.18 Å². The van der Waals surface area contributed by atoms with Crippen LogP contribution in [-0.2, 0) is 14.3 Å². The van der Waals surface area contributed by atoms with Crippen molar-refractivity contribution in [3.05, 3.63) is 35.9 Å². The van der Waals surface area contributed by atoms with Gasteiger partial charge < -0.3 is 0 Å². The van der Waals surface area contributed by atoms with Crippen LogP contribution in [0.15, 0.2) is 30.3 Å². The molecule has 0 saturated carbocycles. The molecule has 0 aliphatic rings. The fourth-order valence-corrected chi connectivity index (χ4v) is 1.97. The number of alkyl halides is 1. The van der Waals surface area contributed by atoms with Crippen molar-refractivity contribution < 1.29 is 12.6 Å². The zero-order valence-corrected chi connectivity index (χ0v) is 9.25. The van der Waals surface area contributed by atoms with E-state index >= 15 is 0 Å². The summed E-state index contributed by atoms with van der Waals surface area (Å²) in [5, 5.41) is 0. The molecule has 0 aliphatic heterocycles. The van der Waals surface area contributed by atoms with Crippen molar-refractivity contribution in [2.24, 2.45) is 0 Å². The van der Waals surface area contributed by atoms with Gasteiger partial charge in [0, 0.05) is 0 Å². The summed E-state index contributed by atoms with van der Waals surface area (Å²) in [4.78, 5) is 0. The second-order valence-electron chi connectivity index (χ2n) is 2.85. The number of hydrogen-bond acceptors (Lipinski definition) is 3. The van der Waals surface area contributed by atoms with E-state index in [0.29, 0.717) is 0 Å². The third kappa shape index (κ3) is 3.65. The molecule has 14 heavy (non-hydrogen) atoms. The Kier molecular flexibility index (Phi) is 3.92. The minimum absolute atomic E-state index is 0.108. The van der Waals surface area contributed by atoms with Gasteiger partial charge in [-0.25, -0.2) is 0 Å². The van der Waals surface area contributed by atoms with Crippen LogP contribution in [0.4, 0.5) is 0 Å². The van der Waals surface area contributed by atoms with E-state index < -0.39 is 16.2 Å². The lowest BCUT2D eigenvalue weighted by molar-refractivity contribution is 0.240. The summed E-state index contributed by atoms with van der Waals surface area (Å²) in [5.41, 5.74) is 0.757. The normalized spacial score (nSPS) is 13.9. The van der Waals surface area contributed by atoms with Crippen molar-refractivity contribution in [1.29, 1.82) is 0 Å². The van der Waals surface area contributed by atoms with Crippen molar-refractivity contribution in [1.82, 2.24) is 0 Å². The first-order chi connectivity index (χ1) is 6.53. The van der Waals surface area contributed by atoms with E-state index in [4.69, 9.17) is 15.8 Å². The number of rotatable bonds is 4. The molecular weight excluding hydrogens is 224 g/mol. The average Bonchev–Trinajstić information content (AvgIpc) is 2.14. The molecule has 1 rings (SSSR count). The number of hydrogen-bond donors (Lipinski definition) is 0. The van der Waals surface area contributed by atoms with Gasteiger partial charge in [-0.1, -0.05) is 30.3 Å². The van der Waals surface area contributed by atoms with Gasteiger partial charge in [0.1, 0.15) is 6.10 Å². The highest BCUT2D eigenvalue weighted by molar-refractivity contribution is 7.86. The van der Waals surface area contributed by atoms with Crippen LogP contribution < -0.4 is 0 Å². The summed E-state index contributed by atoms with van der Waals surface area (Å²) in [6, 6.07) is 9.01. The van der Waals surface area contributed by atoms with E-state index in [1.54, 1.807) is 24.3 Å². The molecule has 78 valence electrons. The predicted molar refractivity (Wildman–Crippen MR) is 55.8 cm³/mol. The minimum atomic E-state index is -3.47. The molecule has 5 heteroatoms. The van der Waals surface area contributed by atoms with Crippen LogP contribution in [0.3, 0.4) is 0 Å². The molecule has 1 aromatic carbocycles. The molecule has 0 radical (unpaired) electrons. The largest absolute Gasteiger partial charge is 0.265 e. The van der Waals surface area contributed by atoms with Gasteiger partial charge in [0.05, 0.1) is 12.1 Å². The van der Waals surface area contributed by atoms with E-state index in [9.17, 15) is 8.42 Å². The lowest BCUT2D eigenvalue weighted by Gasteiger charge is -2.12. The Hall–Kier alpha value is -0.580. The summed E-state index contributed by atoms with van der Waals surface area (Å²) in [5.74, 6) is 0.108. The topological polar surface area (TPSA) is 43.4 Å². The van der Waals surface area contributed by atoms with Gasteiger partial charge in [-0.15, -0.1) is 11.6 Å². The molecule has 0 bridgehead atoms. The Morgan fingerprint density at radius 3 is 2.36 bits per heavy atom. The van der Waals surface area contributed by atoms with Gasteiger partial charge in [-0.2, -0.15) is 8.42 Å². The first kappa shape index (κ1) is 11.5. The van der Waals surface area contributed by atoms with E-state index in [1.165, 1.54) is 0 Å². The zero-order chi connectivity index (χ0) is 10.6. The minimum Gasteiger partial charge on any atom is -0.261 e. The quantitative estimate of drug-likeness (QED) is 0.591. The van der Waals surface area contributed by atoms with Crippen molar-refractivity contribution in [3.8, 4) is 0 Å². The highest BCUT2D eigenvalue weighted by Gasteiger charge is 2.15. The molecule has 0 saturated heterocycles. The van der Waals surface area contributed by atoms with Gasteiger partial charge >= 0.3 is 0 Å². The van der Waals surface area contributed by atoms with Gasteiger partial charge in [0.15, 0.2) is 0 Å². The second kappa shape index (κ2) is 4.77. The molecule has 0 N–H and O–H groups in total. The van der Waals surface area contributed by atoms with E-state index in [1.807, 2.05) is 6.07 Å². The summed E-state index contributed by atoms with van der Waals surface area (Å²) < 4.78 is 26.6. The molecular formula is C9H11ClO3S. The van der Waals surface area contributed by atoms with Crippen LogP contribution >= 0.6 is 11.6 Å². The third-order valence-corrected chi connectivity index (χ3v) is 2.46. The van der Waals surface area contributed by atoms with Gasteiger partial charge in [-0.05, 0) is 5.56 Å². The fourth-order valence-electron chi connectivity index (χ4n) is 1.05. The number of benzene rings is 1.